The van der Waals surface area contributed by atoms with Crippen LogP contribution in [0, 0.1) is 5.92 Å². The lowest BCUT2D eigenvalue weighted by Gasteiger charge is -2.28. The van der Waals surface area contributed by atoms with Crippen molar-refractivity contribution < 1.29 is 13.9 Å². The van der Waals surface area contributed by atoms with Crippen LogP contribution in [-0.4, -0.2) is 52.7 Å². The highest BCUT2D eigenvalue weighted by Crippen LogP contribution is 2.24. The third-order valence-corrected chi connectivity index (χ3v) is 4.88. The van der Waals surface area contributed by atoms with E-state index in [-0.39, 0.29) is 5.91 Å². The Labute approximate surface area is 157 Å². The summed E-state index contributed by atoms with van der Waals surface area (Å²) in [5.74, 6) is 2.29. The van der Waals surface area contributed by atoms with Gasteiger partial charge in [0.1, 0.15) is 5.76 Å². The standard InChI is InChI=1S/C17H25N5O3S/c1-13(2)11-22-16(21-5-8-24-9-6-21)19-20-17(22)26-12-15(23)18-10-14-4-3-7-25-14/h3-4,7,13H,5-6,8-12H2,1-2H3,(H,18,23). The molecular weight excluding hydrogens is 354 g/mol. The predicted octanol–water partition coefficient (Wildman–Crippen LogP) is 1.77. The average Bonchev–Trinajstić information content (AvgIpc) is 3.28. The number of nitrogens with one attached hydrogen (secondary N) is 1. The van der Waals surface area contributed by atoms with Gasteiger partial charge in [-0.05, 0) is 18.1 Å². The van der Waals surface area contributed by atoms with Gasteiger partial charge >= 0.3 is 0 Å². The van der Waals surface area contributed by atoms with Crippen LogP contribution < -0.4 is 10.2 Å². The number of rotatable bonds is 8. The predicted molar refractivity (Wildman–Crippen MR) is 99.2 cm³/mol. The molecule has 1 amide bonds. The lowest BCUT2D eigenvalue weighted by molar-refractivity contribution is -0.118. The maximum atomic E-state index is 12.1. The quantitative estimate of drug-likeness (QED) is 0.700. The maximum Gasteiger partial charge on any atom is 0.230 e. The maximum absolute atomic E-state index is 12.1. The molecule has 0 saturated carbocycles. The van der Waals surface area contributed by atoms with E-state index in [0.29, 0.717) is 31.4 Å². The monoisotopic (exact) mass is 379 g/mol. The van der Waals surface area contributed by atoms with Crippen LogP contribution in [0.3, 0.4) is 0 Å². The first-order chi connectivity index (χ1) is 12.6. The summed E-state index contributed by atoms with van der Waals surface area (Å²) in [7, 11) is 0. The molecule has 0 unspecified atom stereocenters. The molecule has 0 bridgehead atoms. The third kappa shape index (κ3) is 5.01. The highest BCUT2D eigenvalue weighted by atomic mass is 32.2. The summed E-state index contributed by atoms with van der Waals surface area (Å²) in [6.07, 6.45) is 1.60. The fourth-order valence-corrected chi connectivity index (χ4v) is 3.46. The highest BCUT2D eigenvalue weighted by Gasteiger charge is 2.21. The van der Waals surface area contributed by atoms with Crippen LogP contribution in [0.1, 0.15) is 19.6 Å². The summed E-state index contributed by atoms with van der Waals surface area (Å²) in [6, 6.07) is 3.64. The number of amides is 1. The number of ether oxygens (including phenoxy) is 1. The fraction of sp³-hybridized carbons (Fsp3) is 0.588. The Morgan fingerprint density at radius 2 is 2.15 bits per heavy atom. The van der Waals surface area contributed by atoms with Gasteiger partial charge in [-0.25, -0.2) is 0 Å². The Morgan fingerprint density at radius 3 is 2.85 bits per heavy atom. The van der Waals surface area contributed by atoms with Crippen LogP contribution in [0.4, 0.5) is 5.95 Å². The molecule has 2 aromatic rings. The summed E-state index contributed by atoms with van der Waals surface area (Å²) >= 11 is 1.41. The molecular formula is C17H25N5O3S. The number of nitrogens with zero attached hydrogens (tertiary/aromatic N) is 4. The first kappa shape index (κ1) is 18.8. The first-order valence-corrected chi connectivity index (χ1v) is 9.80. The molecule has 26 heavy (non-hydrogen) atoms. The molecule has 0 radical (unpaired) electrons. The minimum Gasteiger partial charge on any atom is -0.467 e. The molecule has 2 aromatic heterocycles. The van der Waals surface area contributed by atoms with E-state index in [9.17, 15) is 4.79 Å². The number of thioether (sulfide) groups is 1. The van der Waals surface area contributed by atoms with Crippen LogP contribution >= 0.6 is 11.8 Å². The van der Waals surface area contributed by atoms with Crippen molar-refractivity contribution in [2.24, 2.45) is 5.92 Å². The summed E-state index contributed by atoms with van der Waals surface area (Å²) in [5.41, 5.74) is 0. The minimum absolute atomic E-state index is 0.0570. The summed E-state index contributed by atoms with van der Waals surface area (Å²) in [6.45, 7) is 8.55. The average molecular weight is 379 g/mol. The molecule has 0 aliphatic carbocycles. The Balaban J connectivity index is 1.60. The third-order valence-electron chi connectivity index (χ3n) is 3.91. The van der Waals surface area contributed by atoms with Gasteiger partial charge in [0.25, 0.3) is 0 Å². The second-order valence-electron chi connectivity index (χ2n) is 6.53. The van der Waals surface area contributed by atoms with Crippen molar-refractivity contribution in [2.45, 2.75) is 32.1 Å². The molecule has 8 nitrogen and oxygen atoms in total. The van der Waals surface area contributed by atoms with Crippen molar-refractivity contribution in [3.63, 3.8) is 0 Å². The zero-order valence-corrected chi connectivity index (χ0v) is 16.0. The van der Waals surface area contributed by atoms with Crippen molar-refractivity contribution in [1.29, 1.82) is 0 Å². The smallest absolute Gasteiger partial charge is 0.230 e. The Hall–Kier alpha value is -2.00. The number of furan rings is 1. The van der Waals surface area contributed by atoms with Gasteiger partial charge in [-0.1, -0.05) is 25.6 Å². The molecule has 9 heteroatoms. The molecule has 1 saturated heterocycles. The van der Waals surface area contributed by atoms with Crippen molar-refractivity contribution >= 4 is 23.6 Å². The van der Waals surface area contributed by atoms with Gasteiger partial charge in [0.15, 0.2) is 5.16 Å². The second-order valence-corrected chi connectivity index (χ2v) is 7.47. The van der Waals surface area contributed by atoms with Crippen molar-refractivity contribution in [3.8, 4) is 0 Å². The topological polar surface area (TPSA) is 85.4 Å². The fourth-order valence-electron chi connectivity index (χ4n) is 2.69. The molecule has 3 rings (SSSR count). The summed E-state index contributed by atoms with van der Waals surface area (Å²) in [4.78, 5) is 14.3. The molecule has 1 fully saturated rings. The molecule has 0 atom stereocenters. The van der Waals surface area contributed by atoms with Gasteiger partial charge in [-0.3, -0.25) is 9.36 Å². The van der Waals surface area contributed by atoms with Crippen LogP contribution in [-0.2, 0) is 22.6 Å². The van der Waals surface area contributed by atoms with E-state index in [1.807, 2.05) is 6.07 Å². The Kier molecular flexibility index (Phi) is 6.56. The molecule has 1 aliphatic rings. The minimum atomic E-state index is -0.0570. The van der Waals surface area contributed by atoms with Gasteiger partial charge in [-0.2, -0.15) is 0 Å². The lowest BCUT2D eigenvalue weighted by Crippen LogP contribution is -2.38. The van der Waals surface area contributed by atoms with Gasteiger partial charge < -0.3 is 19.4 Å². The second kappa shape index (κ2) is 9.09. The number of morpholine rings is 1. The van der Waals surface area contributed by atoms with Gasteiger partial charge in [0, 0.05) is 19.6 Å². The van der Waals surface area contributed by atoms with Crippen LogP contribution in [0.2, 0.25) is 0 Å². The summed E-state index contributed by atoms with van der Waals surface area (Å²) < 4.78 is 12.7. The molecule has 1 aliphatic heterocycles. The van der Waals surface area contributed by atoms with E-state index in [2.05, 4.69) is 38.8 Å². The van der Waals surface area contributed by atoms with Crippen molar-refractivity contribution in [1.82, 2.24) is 20.1 Å². The van der Waals surface area contributed by atoms with Gasteiger partial charge in [-0.15, -0.1) is 10.2 Å². The zero-order valence-electron chi connectivity index (χ0n) is 15.2. The number of hydrogen-bond acceptors (Lipinski definition) is 7. The number of anilines is 1. The lowest BCUT2D eigenvalue weighted by atomic mass is 10.2. The van der Waals surface area contributed by atoms with Crippen LogP contribution in [0.5, 0.6) is 0 Å². The number of carbonyl (C=O) groups is 1. The van der Waals surface area contributed by atoms with Crippen molar-refractivity contribution in [3.05, 3.63) is 24.2 Å². The van der Waals surface area contributed by atoms with E-state index in [1.54, 1.807) is 12.3 Å². The SMILES string of the molecule is CC(C)Cn1c(SCC(=O)NCc2ccco2)nnc1N1CCOCC1. The molecule has 0 aromatic carbocycles. The van der Waals surface area contributed by atoms with E-state index >= 15 is 0 Å². The normalized spacial score (nSPS) is 14.8. The Bertz CT molecular complexity index is 695. The number of aromatic nitrogens is 3. The number of carbonyl (C=O) groups excluding carboxylic acids is 1. The Morgan fingerprint density at radius 1 is 1.35 bits per heavy atom. The van der Waals surface area contributed by atoms with Crippen LogP contribution in [0.25, 0.3) is 0 Å². The molecule has 0 spiro atoms. The summed E-state index contributed by atoms with van der Waals surface area (Å²) in [5, 5.41) is 12.3. The van der Waals surface area contributed by atoms with E-state index in [1.165, 1.54) is 11.8 Å². The van der Waals surface area contributed by atoms with Gasteiger partial charge in [0.2, 0.25) is 11.9 Å². The van der Waals surface area contributed by atoms with Crippen molar-refractivity contribution in [2.75, 3.05) is 37.0 Å². The molecule has 142 valence electrons. The molecule has 1 N–H and O–H groups in total. The zero-order chi connectivity index (χ0) is 18.4. The number of hydrogen-bond donors (Lipinski definition) is 1. The highest BCUT2D eigenvalue weighted by molar-refractivity contribution is 7.99. The van der Waals surface area contributed by atoms with E-state index in [4.69, 9.17) is 9.15 Å². The van der Waals surface area contributed by atoms with Crippen LogP contribution in [0.15, 0.2) is 28.0 Å². The largest absolute Gasteiger partial charge is 0.467 e. The van der Waals surface area contributed by atoms with E-state index in [0.717, 1.165) is 36.5 Å². The van der Waals surface area contributed by atoms with Gasteiger partial charge in [0.05, 0.1) is 31.8 Å². The van der Waals surface area contributed by atoms with E-state index < -0.39 is 0 Å². The molecule has 3 heterocycles. The first-order valence-electron chi connectivity index (χ1n) is 8.81.